The van der Waals surface area contributed by atoms with Crippen molar-refractivity contribution in [3.8, 4) is 5.69 Å². The fourth-order valence-electron chi connectivity index (χ4n) is 2.42. The number of carbonyl (C=O) groups excluding carboxylic acids is 1. The molecule has 1 N–H and O–H groups in total. The molecule has 7 heteroatoms. The Labute approximate surface area is 138 Å². The van der Waals surface area contributed by atoms with Gasteiger partial charge in [-0.05, 0) is 25.5 Å². The lowest BCUT2D eigenvalue weighted by molar-refractivity contribution is 0.102. The van der Waals surface area contributed by atoms with Gasteiger partial charge in [-0.25, -0.2) is 9.07 Å². The molecule has 0 saturated heterocycles. The molecule has 6 nitrogen and oxygen atoms in total. The Morgan fingerprint density at radius 2 is 2.12 bits per heavy atom. The summed E-state index contributed by atoms with van der Waals surface area (Å²) in [5.41, 5.74) is 1.40. The van der Waals surface area contributed by atoms with E-state index < -0.39 is 5.82 Å². The summed E-state index contributed by atoms with van der Waals surface area (Å²) in [6.07, 6.45) is 4.14. The molecule has 0 saturated carbocycles. The van der Waals surface area contributed by atoms with Crippen molar-refractivity contribution in [2.45, 2.75) is 26.8 Å². The Balaban J connectivity index is 1.87. The molecular weight excluding hydrogens is 309 g/mol. The van der Waals surface area contributed by atoms with Crippen molar-refractivity contribution in [2.24, 2.45) is 0 Å². The number of amides is 1. The minimum Gasteiger partial charge on any atom is -0.306 e. The van der Waals surface area contributed by atoms with E-state index in [1.54, 1.807) is 42.1 Å². The van der Waals surface area contributed by atoms with Gasteiger partial charge in [-0.15, -0.1) is 0 Å². The topological polar surface area (TPSA) is 64.7 Å². The standard InChI is InChI=1S/C17H18FN5O/c1-3-8-22-11-13(10-19-22)17(24)20-16-9-12(2)21-23(16)15-7-5-4-6-14(15)18/h4-7,9-11H,3,8H2,1-2H3,(H,20,24). The largest absolute Gasteiger partial charge is 0.306 e. The third kappa shape index (κ3) is 3.19. The monoisotopic (exact) mass is 327 g/mol. The number of aryl methyl sites for hydroxylation is 2. The van der Waals surface area contributed by atoms with E-state index >= 15 is 0 Å². The number of hydrogen-bond donors (Lipinski definition) is 1. The molecule has 0 atom stereocenters. The predicted molar refractivity (Wildman–Crippen MR) is 88.7 cm³/mol. The van der Waals surface area contributed by atoms with E-state index in [0.29, 0.717) is 17.1 Å². The van der Waals surface area contributed by atoms with Crippen molar-refractivity contribution in [2.75, 3.05) is 5.32 Å². The molecule has 0 aliphatic rings. The van der Waals surface area contributed by atoms with Crippen LogP contribution in [0.2, 0.25) is 0 Å². The zero-order valence-corrected chi connectivity index (χ0v) is 13.5. The average Bonchev–Trinajstić information content (AvgIpc) is 3.15. The van der Waals surface area contributed by atoms with Gasteiger partial charge in [0.15, 0.2) is 0 Å². The molecule has 0 unspecified atom stereocenters. The lowest BCUT2D eigenvalue weighted by atomic mass is 10.3. The van der Waals surface area contributed by atoms with Crippen molar-refractivity contribution in [1.29, 1.82) is 0 Å². The van der Waals surface area contributed by atoms with Gasteiger partial charge in [0.25, 0.3) is 5.91 Å². The van der Waals surface area contributed by atoms with E-state index in [1.807, 2.05) is 6.92 Å². The number of halogens is 1. The van der Waals surface area contributed by atoms with E-state index in [9.17, 15) is 9.18 Å². The minimum atomic E-state index is -0.410. The summed E-state index contributed by atoms with van der Waals surface area (Å²) in [5.74, 6) is -0.312. The van der Waals surface area contributed by atoms with Gasteiger partial charge in [0.2, 0.25) is 0 Å². The van der Waals surface area contributed by atoms with Crippen molar-refractivity contribution < 1.29 is 9.18 Å². The normalized spacial score (nSPS) is 10.8. The van der Waals surface area contributed by atoms with Gasteiger partial charge in [0.05, 0.1) is 17.5 Å². The second-order valence-corrected chi connectivity index (χ2v) is 5.48. The summed E-state index contributed by atoms with van der Waals surface area (Å²) < 4.78 is 17.1. The molecule has 3 rings (SSSR count). The van der Waals surface area contributed by atoms with Crippen LogP contribution in [0.15, 0.2) is 42.7 Å². The van der Waals surface area contributed by atoms with Crippen molar-refractivity contribution in [3.63, 3.8) is 0 Å². The number of anilines is 1. The number of hydrogen-bond acceptors (Lipinski definition) is 3. The van der Waals surface area contributed by atoms with Gasteiger partial charge in [-0.2, -0.15) is 10.2 Å². The van der Waals surface area contributed by atoms with Crippen LogP contribution in [0.4, 0.5) is 10.2 Å². The van der Waals surface area contributed by atoms with Crippen LogP contribution in [0.1, 0.15) is 29.4 Å². The first kappa shape index (κ1) is 15.9. The van der Waals surface area contributed by atoms with Crippen LogP contribution in [-0.4, -0.2) is 25.5 Å². The lowest BCUT2D eigenvalue weighted by Crippen LogP contribution is -2.15. The van der Waals surface area contributed by atoms with Crippen LogP contribution < -0.4 is 5.32 Å². The van der Waals surface area contributed by atoms with Gasteiger partial charge in [0, 0.05) is 18.8 Å². The molecule has 0 aliphatic carbocycles. The molecule has 124 valence electrons. The van der Waals surface area contributed by atoms with E-state index in [2.05, 4.69) is 15.5 Å². The van der Waals surface area contributed by atoms with Gasteiger partial charge < -0.3 is 5.32 Å². The van der Waals surface area contributed by atoms with Gasteiger partial charge in [-0.1, -0.05) is 19.1 Å². The Kier molecular flexibility index (Phi) is 4.41. The second-order valence-electron chi connectivity index (χ2n) is 5.48. The fraction of sp³-hybridized carbons (Fsp3) is 0.235. The maximum atomic E-state index is 14.0. The smallest absolute Gasteiger partial charge is 0.260 e. The number of nitrogens with one attached hydrogen (secondary N) is 1. The van der Waals surface area contributed by atoms with E-state index in [0.717, 1.165) is 13.0 Å². The van der Waals surface area contributed by atoms with Crippen LogP contribution in [0.5, 0.6) is 0 Å². The number of nitrogens with zero attached hydrogens (tertiary/aromatic N) is 4. The lowest BCUT2D eigenvalue weighted by Gasteiger charge is -2.09. The predicted octanol–water partition coefficient (Wildman–Crippen LogP) is 3.18. The van der Waals surface area contributed by atoms with E-state index in [-0.39, 0.29) is 11.6 Å². The third-order valence-corrected chi connectivity index (χ3v) is 3.50. The highest BCUT2D eigenvalue weighted by molar-refractivity contribution is 6.03. The summed E-state index contributed by atoms with van der Waals surface area (Å²) in [4.78, 5) is 12.4. The van der Waals surface area contributed by atoms with Gasteiger partial charge in [-0.3, -0.25) is 9.48 Å². The number of para-hydroxylation sites is 1. The van der Waals surface area contributed by atoms with Crippen LogP contribution in [0.3, 0.4) is 0 Å². The Hall–Kier alpha value is -2.96. The molecule has 0 bridgehead atoms. The maximum absolute atomic E-state index is 14.0. The Morgan fingerprint density at radius 3 is 2.88 bits per heavy atom. The summed E-state index contributed by atoms with van der Waals surface area (Å²) in [6.45, 7) is 4.57. The summed E-state index contributed by atoms with van der Waals surface area (Å²) in [6, 6.07) is 7.98. The van der Waals surface area contributed by atoms with Crippen molar-refractivity contribution in [1.82, 2.24) is 19.6 Å². The van der Waals surface area contributed by atoms with Crippen LogP contribution in [0, 0.1) is 12.7 Å². The van der Waals surface area contributed by atoms with E-state index in [4.69, 9.17) is 0 Å². The molecular formula is C17H18FN5O. The average molecular weight is 327 g/mol. The minimum absolute atomic E-state index is 0.280. The molecule has 2 aromatic heterocycles. The highest BCUT2D eigenvalue weighted by Gasteiger charge is 2.15. The quantitative estimate of drug-likeness (QED) is 0.783. The number of benzene rings is 1. The molecule has 1 amide bonds. The Bertz CT molecular complexity index is 868. The molecule has 24 heavy (non-hydrogen) atoms. The summed E-state index contributed by atoms with van der Waals surface area (Å²) >= 11 is 0. The maximum Gasteiger partial charge on any atom is 0.260 e. The molecule has 3 aromatic rings. The first-order valence-electron chi connectivity index (χ1n) is 7.74. The van der Waals surface area contributed by atoms with E-state index in [1.165, 1.54) is 16.9 Å². The third-order valence-electron chi connectivity index (χ3n) is 3.50. The van der Waals surface area contributed by atoms with Crippen LogP contribution >= 0.6 is 0 Å². The fourth-order valence-corrected chi connectivity index (χ4v) is 2.42. The zero-order valence-electron chi connectivity index (χ0n) is 13.5. The number of rotatable bonds is 5. The van der Waals surface area contributed by atoms with Gasteiger partial charge in [0.1, 0.15) is 17.3 Å². The van der Waals surface area contributed by atoms with Gasteiger partial charge >= 0.3 is 0 Å². The van der Waals surface area contributed by atoms with Crippen LogP contribution in [0.25, 0.3) is 5.69 Å². The van der Waals surface area contributed by atoms with Crippen LogP contribution in [-0.2, 0) is 6.54 Å². The Morgan fingerprint density at radius 1 is 1.33 bits per heavy atom. The zero-order chi connectivity index (χ0) is 17.1. The summed E-state index contributed by atoms with van der Waals surface area (Å²) in [5, 5.41) is 11.2. The molecule has 1 aromatic carbocycles. The van der Waals surface area contributed by atoms with Crippen molar-refractivity contribution in [3.05, 3.63) is 59.8 Å². The second kappa shape index (κ2) is 6.66. The SMILES string of the molecule is CCCn1cc(C(=O)Nc2cc(C)nn2-c2ccccc2F)cn1. The van der Waals surface area contributed by atoms with Crippen molar-refractivity contribution >= 4 is 11.7 Å². The highest BCUT2D eigenvalue weighted by Crippen LogP contribution is 2.20. The first-order valence-corrected chi connectivity index (χ1v) is 7.74. The summed E-state index contributed by atoms with van der Waals surface area (Å²) in [7, 11) is 0. The molecule has 0 aliphatic heterocycles. The molecule has 0 fully saturated rings. The number of carbonyl (C=O) groups is 1. The first-order chi connectivity index (χ1) is 11.6. The highest BCUT2D eigenvalue weighted by atomic mass is 19.1. The molecule has 2 heterocycles. The number of aromatic nitrogens is 4. The molecule has 0 radical (unpaired) electrons. The molecule has 0 spiro atoms.